The summed E-state index contributed by atoms with van der Waals surface area (Å²) in [6.07, 6.45) is 0. The molecule has 0 saturated heterocycles. The third-order valence-corrected chi connectivity index (χ3v) is 2.19. The lowest BCUT2D eigenvalue weighted by atomic mass is 10.1. The molecule has 0 aliphatic heterocycles. The van der Waals surface area contributed by atoms with Crippen LogP contribution >= 0.6 is 0 Å². The molecule has 2 aromatic rings. The number of hydrogen-bond acceptors (Lipinski definition) is 2. The zero-order valence-electron chi connectivity index (χ0n) is 7.83. The van der Waals surface area contributed by atoms with Gasteiger partial charge in [0.15, 0.2) is 0 Å². The summed E-state index contributed by atoms with van der Waals surface area (Å²) in [6.45, 7) is 4.11. The van der Waals surface area contributed by atoms with Crippen LogP contribution in [0, 0.1) is 13.8 Å². The van der Waals surface area contributed by atoms with Crippen LogP contribution in [-0.4, -0.2) is 4.98 Å². The van der Waals surface area contributed by atoms with Crippen molar-refractivity contribution in [2.45, 2.75) is 13.8 Å². The summed E-state index contributed by atoms with van der Waals surface area (Å²) in [6, 6.07) is 8.13. The van der Waals surface area contributed by atoms with Crippen LogP contribution < -0.4 is 5.73 Å². The van der Waals surface area contributed by atoms with Gasteiger partial charge in [-0.3, -0.25) is 0 Å². The first-order valence-electron chi connectivity index (χ1n) is 4.30. The summed E-state index contributed by atoms with van der Waals surface area (Å²) < 4.78 is 0. The average molecular weight is 172 g/mol. The van der Waals surface area contributed by atoms with E-state index in [4.69, 9.17) is 5.73 Å². The van der Waals surface area contributed by atoms with Crippen molar-refractivity contribution < 1.29 is 0 Å². The van der Waals surface area contributed by atoms with E-state index < -0.39 is 0 Å². The van der Waals surface area contributed by atoms with E-state index in [9.17, 15) is 0 Å². The lowest BCUT2D eigenvalue weighted by Crippen LogP contribution is -1.92. The normalized spacial score (nSPS) is 10.6. The predicted molar refractivity (Wildman–Crippen MR) is 55.6 cm³/mol. The maximum absolute atomic E-state index is 5.66. The Morgan fingerprint density at radius 2 is 1.92 bits per heavy atom. The minimum absolute atomic E-state index is 0.593. The number of nitrogen functional groups attached to an aromatic ring is 1. The molecule has 0 fully saturated rings. The summed E-state index contributed by atoms with van der Waals surface area (Å²) in [5, 5.41) is 1.18. The van der Waals surface area contributed by atoms with E-state index in [1.165, 1.54) is 16.5 Å². The highest BCUT2D eigenvalue weighted by Gasteiger charge is 1.99. The maximum Gasteiger partial charge on any atom is 0.124 e. The molecule has 0 aliphatic carbocycles. The largest absolute Gasteiger partial charge is 0.384 e. The second kappa shape index (κ2) is 2.73. The quantitative estimate of drug-likeness (QED) is 0.662. The molecule has 0 amide bonds. The van der Waals surface area contributed by atoms with Crippen molar-refractivity contribution in [3.63, 3.8) is 0 Å². The van der Waals surface area contributed by atoms with E-state index >= 15 is 0 Å². The molecule has 0 unspecified atom stereocenters. The van der Waals surface area contributed by atoms with Gasteiger partial charge in [0.25, 0.3) is 0 Å². The van der Waals surface area contributed by atoms with Crippen LogP contribution in [0.1, 0.15) is 11.1 Å². The first kappa shape index (κ1) is 8.05. The van der Waals surface area contributed by atoms with Crippen LogP contribution in [-0.2, 0) is 0 Å². The summed E-state index contributed by atoms with van der Waals surface area (Å²) >= 11 is 0. The monoisotopic (exact) mass is 172 g/mol. The number of nitrogens with two attached hydrogens (primary N) is 1. The van der Waals surface area contributed by atoms with Gasteiger partial charge in [-0.15, -0.1) is 0 Å². The summed E-state index contributed by atoms with van der Waals surface area (Å²) in [5.41, 5.74) is 9.04. The van der Waals surface area contributed by atoms with E-state index in [2.05, 4.69) is 37.0 Å². The summed E-state index contributed by atoms with van der Waals surface area (Å²) in [4.78, 5) is 4.28. The molecule has 2 nitrogen and oxygen atoms in total. The number of benzene rings is 1. The zero-order chi connectivity index (χ0) is 9.42. The highest BCUT2D eigenvalue weighted by atomic mass is 14.8. The molecule has 66 valence electrons. The van der Waals surface area contributed by atoms with Crippen molar-refractivity contribution in [3.05, 3.63) is 35.4 Å². The van der Waals surface area contributed by atoms with Crippen LogP contribution in [0.5, 0.6) is 0 Å². The second-order valence-electron chi connectivity index (χ2n) is 3.38. The van der Waals surface area contributed by atoms with Gasteiger partial charge in [-0.25, -0.2) is 4.98 Å². The Kier molecular flexibility index (Phi) is 1.69. The minimum atomic E-state index is 0.593. The first-order valence-corrected chi connectivity index (χ1v) is 4.30. The Bertz CT molecular complexity index is 456. The molecule has 1 aromatic heterocycles. The molecule has 1 heterocycles. The van der Waals surface area contributed by atoms with Crippen molar-refractivity contribution in [1.82, 2.24) is 4.98 Å². The molecule has 2 heteroatoms. The lowest BCUT2D eigenvalue weighted by molar-refractivity contribution is 1.36. The van der Waals surface area contributed by atoms with Crippen LogP contribution in [0.3, 0.4) is 0 Å². The number of fused-ring (bicyclic) bond motifs is 1. The molecule has 0 atom stereocenters. The molecular weight excluding hydrogens is 160 g/mol. The third-order valence-electron chi connectivity index (χ3n) is 2.19. The number of hydrogen-bond donors (Lipinski definition) is 1. The summed E-state index contributed by atoms with van der Waals surface area (Å²) in [7, 11) is 0. The number of pyridine rings is 1. The zero-order valence-corrected chi connectivity index (χ0v) is 7.83. The standard InChI is InChI=1S/C11H12N2/c1-7-3-4-9-8(2)6-11(12)13-10(9)5-7/h3-6H,1-2H3,(H2,12,13). The molecule has 0 saturated carbocycles. The van der Waals surface area contributed by atoms with E-state index in [-0.39, 0.29) is 0 Å². The molecule has 2 rings (SSSR count). The Hall–Kier alpha value is -1.57. The van der Waals surface area contributed by atoms with E-state index in [1.807, 2.05) is 6.07 Å². The molecule has 1 aromatic carbocycles. The third kappa shape index (κ3) is 1.35. The fourth-order valence-electron chi connectivity index (χ4n) is 1.54. The Morgan fingerprint density at radius 3 is 2.69 bits per heavy atom. The van der Waals surface area contributed by atoms with Crippen LogP contribution in [0.2, 0.25) is 0 Å². The minimum Gasteiger partial charge on any atom is -0.384 e. The highest BCUT2D eigenvalue weighted by molar-refractivity contribution is 5.84. The topological polar surface area (TPSA) is 38.9 Å². The van der Waals surface area contributed by atoms with Crippen molar-refractivity contribution in [2.75, 3.05) is 5.73 Å². The number of rotatable bonds is 0. The fraction of sp³-hybridized carbons (Fsp3) is 0.182. The Labute approximate surface area is 77.4 Å². The Balaban J connectivity index is 2.86. The van der Waals surface area contributed by atoms with Crippen molar-refractivity contribution in [3.8, 4) is 0 Å². The summed E-state index contributed by atoms with van der Waals surface area (Å²) in [5.74, 6) is 0.593. The predicted octanol–water partition coefficient (Wildman–Crippen LogP) is 2.43. The first-order chi connectivity index (χ1) is 6.16. The molecular formula is C11H12N2. The van der Waals surface area contributed by atoms with Gasteiger partial charge < -0.3 is 5.73 Å². The maximum atomic E-state index is 5.66. The fourth-order valence-corrected chi connectivity index (χ4v) is 1.54. The molecule has 0 radical (unpaired) electrons. The van der Waals surface area contributed by atoms with Gasteiger partial charge in [-0.05, 0) is 37.1 Å². The van der Waals surface area contributed by atoms with Crippen molar-refractivity contribution in [1.29, 1.82) is 0 Å². The van der Waals surface area contributed by atoms with Crippen LogP contribution in [0.25, 0.3) is 10.9 Å². The van der Waals surface area contributed by atoms with Gasteiger partial charge in [-0.1, -0.05) is 12.1 Å². The molecule has 0 aliphatic rings. The highest BCUT2D eigenvalue weighted by Crippen LogP contribution is 2.19. The lowest BCUT2D eigenvalue weighted by Gasteiger charge is -2.03. The number of aromatic nitrogens is 1. The van der Waals surface area contributed by atoms with Gasteiger partial charge in [-0.2, -0.15) is 0 Å². The van der Waals surface area contributed by atoms with Gasteiger partial charge in [0.2, 0.25) is 0 Å². The SMILES string of the molecule is Cc1ccc2c(C)cc(N)nc2c1. The van der Waals surface area contributed by atoms with E-state index in [0.29, 0.717) is 5.82 Å². The van der Waals surface area contributed by atoms with Gasteiger partial charge >= 0.3 is 0 Å². The molecule has 0 bridgehead atoms. The molecule has 13 heavy (non-hydrogen) atoms. The van der Waals surface area contributed by atoms with Gasteiger partial charge in [0.1, 0.15) is 5.82 Å². The number of anilines is 1. The number of aryl methyl sites for hydroxylation is 2. The smallest absolute Gasteiger partial charge is 0.124 e. The van der Waals surface area contributed by atoms with Gasteiger partial charge in [0, 0.05) is 5.39 Å². The van der Waals surface area contributed by atoms with Crippen LogP contribution in [0.15, 0.2) is 24.3 Å². The molecule has 2 N–H and O–H groups in total. The van der Waals surface area contributed by atoms with E-state index in [0.717, 1.165) is 5.52 Å². The van der Waals surface area contributed by atoms with Crippen molar-refractivity contribution >= 4 is 16.7 Å². The van der Waals surface area contributed by atoms with Crippen molar-refractivity contribution in [2.24, 2.45) is 0 Å². The van der Waals surface area contributed by atoms with Gasteiger partial charge in [0.05, 0.1) is 5.52 Å². The molecule has 0 spiro atoms. The average Bonchev–Trinajstić information content (AvgIpc) is 2.02. The Morgan fingerprint density at radius 1 is 1.15 bits per heavy atom. The second-order valence-corrected chi connectivity index (χ2v) is 3.38. The number of nitrogens with zero attached hydrogens (tertiary/aromatic N) is 1. The van der Waals surface area contributed by atoms with Crippen LogP contribution in [0.4, 0.5) is 5.82 Å². The van der Waals surface area contributed by atoms with E-state index in [1.54, 1.807) is 0 Å².